The smallest absolute Gasteiger partial charge is 0.400 e. The molecule has 1 amide bonds. The highest BCUT2D eigenvalue weighted by Gasteiger charge is 2.37. The summed E-state index contributed by atoms with van der Waals surface area (Å²) in [6.07, 6.45) is -9.29. The molecule has 17 heteroatoms. The van der Waals surface area contributed by atoms with Crippen molar-refractivity contribution in [1.82, 2.24) is 14.5 Å². The van der Waals surface area contributed by atoms with Crippen molar-refractivity contribution in [2.24, 2.45) is 5.16 Å². The second-order valence-electron chi connectivity index (χ2n) is 9.77. The van der Waals surface area contributed by atoms with Crippen molar-refractivity contribution in [3.63, 3.8) is 0 Å². The number of oxime groups is 1. The highest BCUT2D eigenvalue weighted by molar-refractivity contribution is 7.10. The zero-order valence-corrected chi connectivity index (χ0v) is 24.0. The van der Waals surface area contributed by atoms with E-state index in [1.165, 1.54) is 16.2 Å². The van der Waals surface area contributed by atoms with Crippen LogP contribution < -0.4 is 10.3 Å². The van der Waals surface area contributed by atoms with Gasteiger partial charge in [-0.1, -0.05) is 34.4 Å². The van der Waals surface area contributed by atoms with E-state index in [9.17, 15) is 35.9 Å². The van der Waals surface area contributed by atoms with Crippen molar-refractivity contribution >= 4 is 46.2 Å². The number of carbonyl (C=O) groups excluding carboxylic acids is 1. The number of ether oxygens (including phenoxy) is 1. The van der Waals surface area contributed by atoms with Gasteiger partial charge in [-0.05, 0) is 31.0 Å². The Labute approximate surface area is 253 Å². The second kappa shape index (κ2) is 12.0. The number of amides is 1. The largest absolute Gasteiger partial charge is 0.573 e. The molecule has 0 N–H and O–H groups in total. The van der Waals surface area contributed by atoms with Crippen LogP contribution in [0, 0.1) is 0 Å². The Bertz CT molecular complexity index is 1600. The van der Waals surface area contributed by atoms with E-state index in [2.05, 4.69) is 9.89 Å². The number of hydrogen-bond acceptors (Lipinski definition) is 7. The van der Waals surface area contributed by atoms with Crippen LogP contribution in [0.25, 0.3) is 0 Å². The second-order valence-corrected chi connectivity index (χ2v) is 11.5. The van der Waals surface area contributed by atoms with E-state index < -0.39 is 48.0 Å². The summed E-state index contributed by atoms with van der Waals surface area (Å²) in [6.45, 7) is -0.482. The Hall–Kier alpha value is -3.30. The van der Waals surface area contributed by atoms with Gasteiger partial charge in [-0.15, -0.1) is 24.5 Å². The van der Waals surface area contributed by atoms with Crippen molar-refractivity contribution in [3.05, 3.63) is 78.1 Å². The molecule has 5 rings (SSSR count). The van der Waals surface area contributed by atoms with E-state index in [0.717, 1.165) is 5.01 Å². The van der Waals surface area contributed by atoms with Crippen LogP contribution in [0.1, 0.15) is 53.1 Å². The first-order valence-electron chi connectivity index (χ1n) is 12.7. The third kappa shape index (κ3) is 7.10. The molecular weight excluding hydrogens is 649 g/mol. The van der Waals surface area contributed by atoms with Crippen molar-refractivity contribution in [2.75, 3.05) is 13.1 Å². The lowest BCUT2D eigenvalue weighted by Crippen LogP contribution is -2.41. The van der Waals surface area contributed by atoms with Gasteiger partial charge in [-0.3, -0.25) is 9.59 Å². The zero-order chi connectivity index (χ0) is 31.1. The highest BCUT2D eigenvalue weighted by Crippen LogP contribution is 2.39. The third-order valence-electron chi connectivity index (χ3n) is 6.92. The molecule has 2 aliphatic heterocycles. The number of thiazole rings is 1. The van der Waals surface area contributed by atoms with Crippen molar-refractivity contribution in [3.8, 4) is 5.75 Å². The Kier molecular flexibility index (Phi) is 8.69. The number of piperidine rings is 1. The van der Waals surface area contributed by atoms with Crippen LogP contribution >= 0.6 is 34.5 Å². The minimum absolute atomic E-state index is 0.0254. The number of carbonyl (C=O) groups is 1. The molecule has 1 fully saturated rings. The van der Waals surface area contributed by atoms with Crippen LogP contribution in [0.4, 0.5) is 26.3 Å². The fourth-order valence-electron chi connectivity index (χ4n) is 4.81. The lowest BCUT2D eigenvalue weighted by Gasteiger charge is -2.31. The molecule has 0 saturated carbocycles. The molecule has 0 aliphatic carbocycles. The summed E-state index contributed by atoms with van der Waals surface area (Å²) < 4.78 is 81.5. The van der Waals surface area contributed by atoms with Gasteiger partial charge in [0.05, 0.1) is 16.3 Å². The van der Waals surface area contributed by atoms with Crippen molar-refractivity contribution in [2.45, 2.75) is 50.4 Å². The molecule has 4 heterocycles. The molecule has 3 aromatic rings. The molecule has 2 aliphatic rings. The lowest BCUT2D eigenvalue weighted by atomic mass is 9.97. The standard InChI is InChI=1S/C26H20Cl2F6N4O4S/c27-15-2-1-3-16(28)22(15)19-9-17(36-42-19)18-12-43-23(35-18)13-4-6-37(7-5-13)21(39)11-38-10-14(25(29,30)31)8-20(24(38)40)41-26(32,33)34/h1-3,8,10,12-13,19H,4-7,9,11H2. The van der Waals surface area contributed by atoms with Gasteiger partial charge in [0.2, 0.25) is 5.91 Å². The first-order chi connectivity index (χ1) is 20.2. The number of nitrogens with zero attached hydrogens (tertiary/aromatic N) is 4. The average molecular weight is 669 g/mol. The molecule has 0 spiro atoms. The average Bonchev–Trinajstić information content (AvgIpc) is 3.60. The van der Waals surface area contributed by atoms with E-state index in [0.29, 0.717) is 52.5 Å². The number of hydrogen-bond donors (Lipinski definition) is 0. The van der Waals surface area contributed by atoms with Crippen LogP contribution in [-0.2, 0) is 22.4 Å². The maximum absolute atomic E-state index is 13.3. The van der Waals surface area contributed by atoms with E-state index in [-0.39, 0.29) is 29.6 Å². The summed E-state index contributed by atoms with van der Waals surface area (Å²) in [7, 11) is 0. The molecule has 230 valence electrons. The van der Waals surface area contributed by atoms with Gasteiger partial charge in [0, 0.05) is 52.6 Å². The Balaban J connectivity index is 1.21. The minimum Gasteiger partial charge on any atom is -0.400 e. The summed E-state index contributed by atoms with van der Waals surface area (Å²) >= 11 is 14.0. The van der Waals surface area contributed by atoms with Gasteiger partial charge in [0.1, 0.15) is 12.3 Å². The fraction of sp³-hybridized carbons (Fsp3) is 0.385. The Morgan fingerprint density at radius 2 is 1.79 bits per heavy atom. The molecule has 1 saturated heterocycles. The van der Waals surface area contributed by atoms with E-state index in [1.807, 2.05) is 5.38 Å². The predicted molar refractivity (Wildman–Crippen MR) is 144 cm³/mol. The molecule has 8 nitrogen and oxygen atoms in total. The van der Waals surface area contributed by atoms with Crippen molar-refractivity contribution in [1.29, 1.82) is 0 Å². The summed E-state index contributed by atoms with van der Waals surface area (Å²) in [6, 6.07) is 5.10. The Morgan fingerprint density at radius 3 is 2.42 bits per heavy atom. The van der Waals surface area contributed by atoms with Crippen LogP contribution in [0.3, 0.4) is 0 Å². The van der Waals surface area contributed by atoms with Gasteiger partial charge < -0.3 is 19.0 Å². The number of alkyl halides is 6. The number of pyridine rings is 1. The van der Waals surface area contributed by atoms with Gasteiger partial charge >= 0.3 is 12.5 Å². The lowest BCUT2D eigenvalue weighted by molar-refractivity contribution is -0.275. The number of aromatic nitrogens is 2. The summed E-state index contributed by atoms with van der Waals surface area (Å²) in [5.74, 6) is -2.33. The van der Waals surface area contributed by atoms with Crippen molar-refractivity contribution < 1.29 is 40.7 Å². The molecule has 0 radical (unpaired) electrons. The van der Waals surface area contributed by atoms with Crippen LogP contribution in [0.15, 0.2) is 45.8 Å². The summed E-state index contributed by atoms with van der Waals surface area (Å²) in [5.41, 5.74) is -1.19. The van der Waals surface area contributed by atoms with Crippen LogP contribution in [0.2, 0.25) is 10.0 Å². The summed E-state index contributed by atoms with van der Waals surface area (Å²) in [5, 5.41) is 7.71. The Morgan fingerprint density at radius 1 is 1.12 bits per heavy atom. The first kappa shape index (κ1) is 31.1. The van der Waals surface area contributed by atoms with Gasteiger partial charge in [-0.25, -0.2) is 4.98 Å². The SMILES string of the molecule is O=C(Cn1cc(C(F)(F)F)cc(OC(F)(F)F)c1=O)N1CCC(c2nc(C3=NOC(c4c(Cl)cccc4Cl)C3)cs2)CC1. The van der Waals surface area contributed by atoms with Gasteiger partial charge in [-0.2, -0.15) is 13.2 Å². The molecule has 43 heavy (non-hydrogen) atoms. The van der Waals surface area contributed by atoms with Crippen LogP contribution in [0.5, 0.6) is 5.75 Å². The topological polar surface area (TPSA) is 86.0 Å². The summed E-state index contributed by atoms with van der Waals surface area (Å²) in [4.78, 5) is 36.8. The maximum atomic E-state index is 13.3. The normalized spacial score (nSPS) is 18.0. The molecule has 2 aromatic heterocycles. The quantitative estimate of drug-likeness (QED) is 0.270. The molecule has 1 unspecified atom stereocenters. The zero-order valence-electron chi connectivity index (χ0n) is 21.7. The molecular formula is C26H20Cl2F6N4O4S. The number of likely N-dealkylation sites (tertiary alicyclic amines) is 1. The van der Waals surface area contributed by atoms with Gasteiger partial charge in [0.15, 0.2) is 11.9 Å². The number of rotatable bonds is 6. The number of halogens is 8. The monoisotopic (exact) mass is 668 g/mol. The minimum atomic E-state index is -5.40. The first-order valence-corrected chi connectivity index (χ1v) is 14.3. The predicted octanol–water partition coefficient (Wildman–Crippen LogP) is 6.80. The van der Waals surface area contributed by atoms with E-state index in [4.69, 9.17) is 33.0 Å². The maximum Gasteiger partial charge on any atom is 0.573 e. The molecule has 1 atom stereocenters. The fourth-order valence-corrected chi connectivity index (χ4v) is 6.45. The third-order valence-corrected chi connectivity index (χ3v) is 8.58. The van der Waals surface area contributed by atoms with Gasteiger partial charge in [0.25, 0.3) is 5.56 Å². The molecule has 0 bridgehead atoms. The molecule has 1 aromatic carbocycles. The van der Waals surface area contributed by atoms with Crippen LogP contribution in [-0.4, -0.2) is 45.5 Å². The van der Waals surface area contributed by atoms with E-state index in [1.54, 1.807) is 18.2 Å². The van der Waals surface area contributed by atoms with E-state index >= 15 is 0 Å². The highest BCUT2D eigenvalue weighted by atomic mass is 35.5. The number of benzene rings is 1.